The van der Waals surface area contributed by atoms with Crippen molar-refractivity contribution in [2.24, 2.45) is 5.84 Å². The molecule has 5 N–H and O–H groups in total. The van der Waals surface area contributed by atoms with Crippen molar-refractivity contribution >= 4 is 0 Å². The van der Waals surface area contributed by atoms with Crippen LogP contribution in [0.25, 0.3) is 0 Å². The molecule has 19 heavy (non-hydrogen) atoms. The average molecular weight is 272 g/mol. The smallest absolute Gasteiger partial charge is 0.0113 e. The summed E-state index contributed by atoms with van der Waals surface area (Å²) in [6.07, 6.45) is 18.2. The Bertz CT molecular complexity index is 137. The highest BCUT2D eigenvalue weighted by molar-refractivity contribution is 4.49. The second-order valence-corrected chi connectivity index (χ2v) is 5.44. The molecule has 0 rings (SSSR count). The molecule has 0 bridgehead atoms. The summed E-state index contributed by atoms with van der Waals surface area (Å²) in [6.45, 7) is 3.25. The molecular formula is C15H36N4. The molecule has 0 aromatic carbocycles. The van der Waals surface area contributed by atoms with E-state index in [0.29, 0.717) is 0 Å². The van der Waals surface area contributed by atoms with Crippen LogP contribution in [-0.4, -0.2) is 6.54 Å². The molecule has 0 saturated heterocycles. The standard InChI is InChI=1S/C15H36N4/c1-2-3-4-5-6-7-8-9-10-11-12-13-14-15-17-19-18-16/h17-19H,2-16H2,1H3. The lowest BCUT2D eigenvalue weighted by molar-refractivity contribution is 0.431. The fourth-order valence-corrected chi connectivity index (χ4v) is 2.34. The molecule has 0 aliphatic heterocycles. The Balaban J connectivity index is 2.88. The molecule has 0 fully saturated rings. The summed E-state index contributed by atoms with van der Waals surface area (Å²) >= 11 is 0. The lowest BCUT2D eigenvalue weighted by Gasteiger charge is -2.05. The lowest BCUT2D eigenvalue weighted by Crippen LogP contribution is -2.47. The molecule has 0 unspecified atom stereocenters. The number of hydrogen-bond acceptors (Lipinski definition) is 4. The van der Waals surface area contributed by atoms with Crippen molar-refractivity contribution in [2.75, 3.05) is 6.54 Å². The van der Waals surface area contributed by atoms with Gasteiger partial charge in [0, 0.05) is 6.54 Å². The van der Waals surface area contributed by atoms with E-state index in [2.05, 4.69) is 23.4 Å². The van der Waals surface area contributed by atoms with Crippen LogP contribution in [0.4, 0.5) is 0 Å². The number of nitrogens with one attached hydrogen (secondary N) is 3. The predicted octanol–water partition coefficient (Wildman–Crippen LogP) is 3.55. The molecule has 116 valence electrons. The Kier molecular flexibility index (Phi) is 17.7. The van der Waals surface area contributed by atoms with Crippen molar-refractivity contribution in [3.05, 3.63) is 0 Å². The lowest BCUT2D eigenvalue weighted by atomic mass is 10.0. The molecule has 4 heteroatoms. The summed E-state index contributed by atoms with van der Waals surface area (Å²) < 4.78 is 0. The van der Waals surface area contributed by atoms with Crippen molar-refractivity contribution in [1.29, 1.82) is 0 Å². The maximum atomic E-state index is 5.06. The van der Waals surface area contributed by atoms with Gasteiger partial charge in [-0.25, -0.2) is 5.43 Å². The monoisotopic (exact) mass is 272 g/mol. The quantitative estimate of drug-likeness (QED) is 0.197. The van der Waals surface area contributed by atoms with E-state index in [0.717, 1.165) is 6.54 Å². The molecule has 0 atom stereocenters. The van der Waals surface area contributed by atoms with Crippen LogP contribution in [0.3, 0.4) is 0 Å². The van der Waals surface area contributed by atoms with Crippen LogP contribution in [0.5, 0.6) is 0 Å². The summed E-state index contributed by atoms with van der Waals surface area (Å²) in [4.78, 5) is 0. The maximum Gasteiger partial charge on any atom is 0.0113 e. The Morgan fingerprint density at radius 3 is 1.47 bits per heavy atom. The number of unbranched alkanes of at least 4 members (excludes halogenated alkanes) is 12. The van der Waals surface area contributed by atoms with E-state index in [4.69, 9.17) is 5.84 Å². The fourth-order valence-electron chi connectivity index (χ4n) is 2.34. The summed E-state index contributed by atoms with van der Waals surface area (Å²) in [6, 6.07) is 0. The van der Waals surface area contributed by atoms with Gasteiger partial charge in [0.2, 0.25) is 0 Å². The van der Waals surface area contributed by atoms with Gasteiger partial charge < -0.3 is 0 Å². The van der Waals surface area contributed by atoms with Gasteiger partial charge in [0.15, 0.2) is 0 Å². The molecule has 0 aromatic rings. The summed E-state index contributed by atoms with van der Waals surface area (Å²) in [7, 11) is 0. The first-order chi connectivity index (χ1) is 9.41. The Labute approximate surface area is 120 Å². The molecule has 0 amide bonds. The Morgan fingerprint density at radius 1 is 0.632 bits per heavy atom. The van der Waals surface area contributed by atoms with E-state index >= 15 is 0 Å². The minimum atomic E-state index is 0.974. The maximum absolute atomic E-state index is 5.06. The molecular weight excluding hydrogens is 236 g/mol. The second kappa shape index (κ2) is 17.8. The van der Waals surface area contributed by atoms with Crippen LogP contribution in [0.2, 0.25) is 0 Å². The van der Waals surface area contributed by atoms with Gasteiger partial charge in [-0.15, -0.1) is 0 Å². The number of nitrogens with two attached hydrogens (primary N) is 1. The van der Waals surface area contributed by atoms with Gasteiger partial charge in [-0.3, -0.25) is 5.84 Å². The predicted molar refractivity (Wildman–Crippen MR) is 84.2 cm³/mol. The highest BCUT2D eigenvalue weighted by atomic mass is 15.7. The normalized spacial score (nSPS) is 11.1. The van der Waals surface area contributed by atoms with E-state index in [-0.39, 0.29) is 0 Å². The third kappa shape index (κ3) is 17.8. The van der Waals surface area contributed by atoms with Crippen molar-refractivity contribution in [1.82, 2.24) is 16.5 Å². The topological polar surface area (TPSA) is 62.1 Å². The molecule has 0 radical (unpaired) electrons. The SMILES string of the molecule is CCCCCCCCCCCCCCCNNNN. The van der Waals surface area contributed by atoms with Crippen LogP contribution < -0.4 is 22.3 Å². The molecule has 0 aliphatic carbocycles. The van der Waals surface area contributed by atoms with Crippen LogP contribution in [0, 0.1) is 0 Å². The molecule has 0 aromatic heterocycles. The molecule has 0 heterocycles. The van der Waals surface area contributed by atoms with E-state index in [1.165, 1.54) is 83.5 Å². The van der Waals surface area contributed by atoms with Gasteiger partial charge in [0.1, 0.15) is 0 Å². The van der Waals surface area contributed by atoms with E-state index in [9.17, 15) is 0 Å². The van der Waals surface area contributed by atoms with Crippen molar-refractivity contribution < 1.29 is 0 Å². The van der Waals surface area contributed by atoms with Gasteiger partial charge in [-0.05, 0) is 6.42 Å². The van der Waals surface area contributed by atoms with Crippen molar-refractivity contribution in [3.8, 4) is 0 Å². The van der Waals surface area contributed by atoms with Gasteiger partial charge >= 0.3 is 0 Å². The van der Waals surface area contributed by atoms with Crippen molar-refractivity contribution in [3.63, 3.8) is 0 Å². The zero-order chi connectivity index (χ0) is 14.0. The summed E-state index contributed by atoms with van der Waals surface area (Å²) in [5.74, 6) is 5.06. The average Bonchev–Trinajstić information content (AvgIpc) is 2.43. The van der Waals surface area contributed by atoms with Gasteiger partial charge in [-0.1, -0.05) is 84.0 Å². The first-order valence-corrected chi connectivity index (χ1v) is 8.35. The van der Waals surface area contributed by atoms with Crippen LogP contribution in [0.15, 0.2) is 0 Å². The van der Waals surface area contributed by atoms with Crippen LogP contribution in [-0.2, 0) is 0 Å². The largest absolute Gasteiger partial charge is 0.257 e. The first-order valence-electron chi connectivity index (χ1n) is 8.35. The first kappa shape index (κ1) is 18.8. The molecule has 0 aliphatic rings. The molecule has 0 saturated carbocycles. The molecule has 4 nitrogen and oxygen atoms in total. The highest BCUT2D eigenvalue weighted by Crippen LogP contribution is 2.12. The number of rotatable bonds is 16. The minimum Gasteiger partial charge on any atom is -0.257 e. The second-order valence-electron chi connectivity index (χ2n) is 5.44. The number of hydrogen-bond donors (Lipinski definition) is 4. The zero-order valence-electron chi connectivity index (χ0n) is 13.0. The Hall–Kier alpha value is -0.160. The van der Waals surface area contributed by atoms with Crippen LogP contribution in [0.1, 0.15) is 90.4 Å². The van der Waals surface area contributed by atoms with E-state index in [1.807, 2.05) is 0 Å². The summed E-state index contributed by atoms with van der Waals surface area (Å²) in [5.41, 5.74) is 8.01. The highest BCUT2D eigenvalue weighted by Gasteiger charge is 1.93. The van der Waals surface area contributed by atoms with Gasteiger partial charge in [0.25, 0.3) is 0 Å². The minimum absolute atomic E-state index is 0.974. The van der Waals surface area contributed by atoms with E-state index < -0.39 is 0 Å². The summed E-state index contributed by atoms with van der Waals surface area (Å²) in [5, 5.41) is 0. The molecule has 0 spiro atoms. The number of hydrazine groups is 3. The fraction of sp³-hybridized carbons (Fsp3) is 1.00. The van der Waals surface area contributed by atoms with Gasteiger partial charge in [-0.2, -0.15) is 11.1 Å². The zero-order valence-corrected chi connectivity index (χ0v) is 13.0. The van der Waals surface area contributed by atoms with Crippen molar-refractivity contribution in [2.45, 2.75) is 90.4 Å². The Morgan fingerprint density at radius 2 is 1.05 bits per heavy atom. The van der Waals surface area contributed by atoms with E-state index in [1.54, 1.807) is 0 Å². The van der Waals surface area contributed by atoms with Crippen LogP contribution >= 0.6 is 0 Å². The van der Waals surface area contributed by atoms with Gasteiger partial charge in [0.05, 0.1) is 0 Å². The third-order valence-corrected chi connectivity index (χ3v) is 3.57. The third-order valence-electron chi connectivity index (χ3n) is 3.57.